The predicted molar refractivity (Wildman–Crippen MR) is 92.0 cm³/mol. The monoisotopic (exact) mass is 382 g/mol. The number of nitrogens with two attached hydrogens (primary N) is 1. The van der Waals surface area contributed by atoms with Gasteiger partial charge in [0.25, 0.3) is 11.1 Å². The van der Waals surface area contributed by atoms with Crippen LogP contribution in [0.15, 0.2) is 33.9 Å². The maximum Gasteiger partial charge on any atom is 0.318 e. The van der Waals surface area contributed by atoms with E-state index in [-0.39, 0.29) is 22.8 Å². The molecule has 3 amide bonds. The van der Waals surface area contributed by atoms with Crippen LogP contribution >= 0.6 is 11.8 Å². The third kappa shape index (κ3) is 5.45. The third-order valence-electron chi connectivity index (χ3n) is 3.23. The minimum Gasteiger partial charge on any atom is -0.481 e. The highest BCUT2D eigenvalue weighted by atomic mass is 32.2. The Kier molecular flexibility index (Phi) is 6.56. The first-order valence-electron chi connectivity index (χ1n) is 7.79. The van der Waals surface area contributed by atoms with Crippen LogP contribution < -0.4 is 15.8 Å². The molecular weight excluding hydrogens is 363 g/mol. The molecule has 0 aliphatic carbocycles. The van der Waals surface area contributed by atoms with Gasteiger partial charge in [0.2, 0.25) is 5.91 Å². The molecule has 0 saturated heterocycles. The van der Waals surface area contributed by atoms with E-state index in [0.29, 0.717) is 5.75 Å². The highest BCUT2D eigenvalue weighted by molar-refractivity contribution is 8.00. The fourth-order valence-electron chi connectivity index (χ4n) is 1.99. The lowest BCUT2D eigenvalue weighted by atomic mass is 10.1. The number of imide groups is 1. The van der Waals surface area contributed by atoms with Crippen LogP contribution in [0.3, 0.4) is 0 Å². The Morgan fingerprint density at radius 2 is 1.88 bits per heavy atom. The van der Waals surface area contributed by atoms with Crippen molar-refractivity contribution >= 4 is 23.7 Å². The molecule has 1 aromatic heterocycles. The first-order chi connectivity index (χ1) is 12.3. The highest BCUT2D eigenvalue weighted by Gasteiger charge is 2.27. The number of hydrogen-bond acceptors (Lipinski definition) is 7. The maximum atomic E-state index is 12.9. The minimum atomic E-state index is -0.922. The van der Waals surface area contributed by atoms with E-state index in [4.69, 9.17) is 14.9 Å². The molecule has 0 bridgehead atoms. The van der Waals surface area contributed by atoms with E-state index in [9.17, 15) is 14.0 Å². The van der Waals surface area contributed by atoms with E-state index in [0.717, 1.165) is 11.8 Å². The SMILES string of the molecule is CC(C)[C@@H](Sc1nnc([C@H](C)Oc2ccc(F)cc2)o1)C(=O)NC(N)=O. The van der Waals surface area contributed by atoms with Gasteiger partial charge in [-0.3, -0.25) is 10.1 Å². The van der Waals surface area contributed by atoms with Crippen molar-refractivity contribution in [3.8, 4) is 5.75 Å². The predicted octanol–water partition coefficient (Wildman–Crippen LogP) is 2.66. The van der Waals surface area contributed by atoms with Crippen LogP contribution in [0.2, 0.25) is 0 Å². The second-order valence-electron chi connectivity index (χ2n) is 5.76. The Morgan fingerprint density at radius 1 is 1.23 bits per heavy atom. The molecule has 0 unspecified atom stereocenters. The lowest BCUT2D eigenvalue weighted by Crippen LogP contribution is -2.42. The van der Waals surface area contributed by atoms with E-state index in [1.807, 2.05) is 19.2 Å². The highest BCUT2D eigenvalue weighted by Crippen LogP contribution is 2.29. The lowest BCUT2D eigenvalue weighted by Gasteiger charge is -2.16. The standard InChI is InChI=1S/C16H19FN4O4S/c1-8(2)12(13(22)19-15(18)23)26-16-21-20-14(25-16)9(3)24-11-6-4-10(17)5-7-11/h4-9,12H,1-3H3,(H3,18,19,22,23)/t9-,12+/m0/s1. The van der Waals surface area contributed by atoms with Crippen molar-refractivity contribution in [1.82, 2.24) is 15.5 Å². The Hall–Kier alpha value is -2.62. The van der Waals surface area contributed by atoms with Gasteiger partial charge in [-0.05, 0) is 37.1 Å². The molecule has 0 saturated carbocycles. The molecular formula is C16H19FN4O4S. The van der Waals surface area contributed by atoms with Crippen LogP contribution in [0.1, 0.15) is 32.8 Å². The molecule has 2 aromatic rings. The average molecular weight is 382 g/mol. The molecule has 1 aromatic carbocycles. The zero-order chi connectivity index (χ0) is 19.3. The number of carbonyl (C=O) groups excluding carboxylic acids is 2. The molecule has 26 heavy (non-hydrogen) atoms. The van der Waals surface area contributed by atoms with Gasteiger partial charge in [-0.1, -0.05) is 25.6 Å². The number of benzene rings is 1. The molecule has 8 nitrogen and oxygen atoms in total. The van der Waals surface area contributed by atoms with Crippen LogP contribution in [-0.2, 0) is 4.79 Å². The molecule has 0 aliphatic heterocycles. The van der Waals surface area contributed by atoms with E-state index >= 15 is 0 Å². The van der Waals surface area contributed by atoms with Crippen molar-refractivity contribution in [2.75, 3.05) is 0 Å². The Labute approximate surface area is 153 Å². The maximum absolute atomic E-state index is 12.9. The molecule has 1 heterocycles. The number of thioether (sulfide) groups is 1. The van der Waals surface area contributed by atoms with Crippen LogP contribution in [0.25, 0.3) is 0 Å². The van der Waals surface area contributed by atoms with Crippen molar-refractivity contribution in [2.24, 2.45) is 11.7 Å². The second kappa shape index (κ2) is 8.65. The molecule has 2 rings (SSSR count). The van der Waals surface area contributed by atoms with E-state index < -0.39 is 23.3 Å². The van der Waals surface area contributed by atoms with E-state index in [1.54, 1.807) is 6.92 Å². The summed E-state index contributed by atoms with van der Waals surface area (Å²) < 4.78 is 24.1. The first kappa shape index (κ1) is 19.7. The molecule has 3 N–H and O–H groups in total. The summed E-state index contributed by atoms with van der Waals surface area (Å²) in [5.41, 5.74) is 4.98. The molecule has 0 fully saturated rings. The number of primary amides is 1. The van der Waals surface area contributed by atoms with Gasteiger partial charge in [-0.15, -0.1) is 10.2 Å². The van der Waals surface area contributed by atoms with Crippen LogP contribution in [-0.4, -0.2) is 27.4 Å². The third-order valence-corrected chi connectivity index (χ3v) is 4.61. The number of aromatic nitrogens is 2. The Bertz CT molecular complexity index is 766. The van der Waals surface area contributed by atoms with Gasteiger partial charge in [0.1, 0.15) is 11.6 Å². The molecule has 0 spiro atoms. The summed E-state index contributed by atoms with van der Waals surface area (Å²) in [4.78, 5) is 22.9. The van der Waals surface area contributed by atoms with Gasteiger partial charge < -0.3 is 14.9 Å². The fourth-order valence-corrected chi connectivity index (χ4v) is 2.87. The fraction of sp³-hybridized carbons (Fsp3) is 0.375. The Morgan fingerprint density at radius 3 is 2.46 bits per heavy atom. The number of amides is 3. The van der Waals surface area contributed by atoms with Gasteiger partial charge >= 0.3 is 6.03 Å². The van der Waals surface area contributed by atoms with Gasteiger partial charge in [-0.25, -0.2) is 9.18 Å². The van der Waals surface area contributed by atoms with Crippen molar-refractivity contribution < 1.29 is 23.1 Å². The van der Waals surface area contributed by atoms with Crippen LogP contribution in [0.5, 0.6) is 5.75 Å². The number of urea groups is 1. The largest absolute Gasteiger partial charge is 0.481 e. The summed E-state index contributed by atoms with van der Waals surface area (Å²) in [5.74, 6) is -0.354. The van der Waals surface area contributed by atoms with Crippen molar-refractivity contribution in [1.29, 1.82) is 0 Å². The number of nitrogens with zero attached hydrogens (tertiary/aromatic N) is 2. The number of hydrogen-bond donors (Lipinski definition) is 2. The average Bonchev–Trinajstić information content (AvgIpc) is 3.02. The first-order valence-corrected chi connectivity index (χ1v) is 8.66. The molecule has 0 radical (unpaired) electrons. The molecule has 140 valence electrons. The molecule has 2 atom stereocenters. The molecule has 10 heteroatoms. The van der Waals surface area contributed by atoms with Gasteiger partial charge in [0.05, 0.1) is 5.25 Å². The topological polar surface area (TPSA) is 120 Å². The smallest absolute Gasteiger partial charge is 0.318 e. The number of ether oxygens (including phenoxy) is 1. The summed E-state index contributed by atoms with van der Waals surface area (Å²) in [7, 11) is 0. The zero-order valence-corrected chi connectivity index (χ0v) is 15.2. The number of halogens is 1. The van der Waals surface area contributed by atoms with Crippen molar-refractivity contribution in [3.05, 3.63) is 36.0 Å². The summed E-state index contributed by atoms with van der Waals surface area (Å²) in [6.45, 7) is 5.33. The second-order valence-corrected chi connectivity index (χ2v) is 6.85. The lowest BCUT2D eigenvalue weighted by molar-refractivity contribution is -0.120. The van der Waals surface area contributed by atoms with Crippen LogP contribution in [0, 0.1) is 11.7 Å². The normalized spacial score (nSPS) is 13.3. The number of carbonyl (C=O) groups is 2. The van der Waals surface area contributed by atoms with Gasteiger partial charge in [0, 0.05) is 0 Å². The Balaban J connectivity index is 2.03. The van der Waals surface area contributed by atoms with Gasteiger partial charge in [0.15, 0.2) is 6.10 Å². The van der Waals surface area contributed by atoms with Crippen molar-refractivity contribution in [3.63, 3.8) is 0 Å². The van der Waals surface area contributed by atoms with E-state index in [2.05, 4.69) is 10.2 Å². The van der Waals surface area contributed by atoms with E-state index in [1.165, 1.54) is 24.3 Å². The van der Waals surface area contributed by atoms with Gasteiger partial charge in [-0.2, -0.15) is 0 Å². The number of rotatable bonds is 7. The number of nitrogens with one attached hydrogen (secondary N) is 1. The van der Waals surface area contributed by atoms with Crippen LogP contribution in [0.4, 0.5) is 9.18 Å². The summed E-state index contributed by atoms with van der Waals surface area (Å²) >= 11 is 1.03. The zero-order valence-electron chi connectivity index (χ0n) is 14.4. The molecule has 0 aliphatic rings. The summed E-state index contributed by atoms with van der Waals surface area (Å²) in [5, 5.41) is 9.36. The minimum absolute atomic E-state index is 0.109. The summed E-state index contributed by atoms with van der Waals surface area (Å²) in [6.07, 6.45) is -0.570. The quantitative estimate of drug-likeness (QED) is 0.706. The van der Waals surface area contributed by atoms with Crippen molar-refractivity contribution in [2.45, 2.75) is 37.3 Å². The summed E-state index contributed by atoms with van der Waals surface area (Å²) in [6, 6.07) is 4.61.